The highest BCUT2D eigenvalue weighted by Crippen LogP contribution is 2.17. The van der Waals surface area contributed by atoms with Gasteiger partial charge in [-0.2, -0.15) is 0 Å². The van der Waals surface area contributed by atoms with Gasteiger partial charge in [-0.05, 0) is 36.9 Å². The first-order chi connectivity index (χ1) is 10.2. The number of hydrogen-bond acceptors (Lipinski definition) is 4. The minimum atomic E-state index is -0.0340. The smallest absolute Gasteiger partial charge is 0.262 e. The van der Waals surface area contributed by atoms with Crippen molar-refractivity contribution in [2.45, 2.75) is 19.8 Å². The molecule has 0 bridgehead atoms. The number of thiophene rings is 1. The molecular weight excluding hydrogens is 284 g/mol. The largest absolute Gasteiger partial charge is 0.395 e. The Morgan fingerprint density at radius 1 is 1.62 bits per heavy atom. The molecule has 1 aromatic rings. The number of rotatable bonds is 5. The molecule has 0 aliphatic carbocycles. The lowest BCUT2D eigenvalue weighted by Crippen LogP contribution is -2.30. The van der Waals surface area contributed by atoms with Crippen molar-refractivity contribution in [2.75, 3.05) is 32.8 Å². The van der Waals surface area contributed by atoms with Crippen LogP contribution >= 0.6 is 11.3 Å². The van der Waals surface area contributed by atoms with Crippen LogP contribution in [0, 0.1) is 17.8 Å². The Balaban J connectivity index is 1.87. The zero-order valence-electron chi connectivity index (χ0n) is 12.4. The van der Waals surface area contributed by atoms with E-state index in [4.69, 9.17) is 5.11 Å². The molecule has 1 aliphatic rings. The van der Waals surface area contributed by atoms with Crippen molar-refractivity contribution in [1.82, 2.24) is 10.2 Å². The van der Waals surface area contributed by atoms with Crippen LogP contribution < -0.4 is 5.32 Å². The molecule has 1 unspecified atom stereocenters. The van der Waals surface area contributed by atoms with Crippen LogP contribution in [-0.2, 0) is 0 Å². The van der Waals surface area contributed by atoms with Crippen molar-refractivity contribution in [1.29, 1.82) is 0 Å². The molecule has 0 radical (unpaired) electrons. The van der Waals surface area contributed by atoms with Gasteiger partial charge in [-0.1, -0.05) is 18.8 Å². The maximum absolute atomic E-state index is 12.2. The Bertz CT molecular complexity index is 530. The molecule has 21 heavy (non-hydrogen) atoms. The molecule has 2 rings (SSSR count). The Labute approximate surface area is 130 Å². The van der Waals surface area contributed by atoms with Crippen LogP contribution in [0.5, 0.6) is 0 Å². The van der Waals surface area contributed by atoms with Crippen molar-refractivity contribution in [2.24, 2.45) is 5.92 Å². The summed E-state index contributed by atoms with van der Waals surface area (Å²) in [6.45, 7) is 6.24. The van der Waals surface area contributed by atoms with Gasteiger partial charge in [0.05, 0.1) is 6.61 Å². The lowest BCUT2D eigenvalue weighted by atomic mass is 10.1. The van der Waals surface area contributed by atoms with E-state index in [2.05, 4.69) is 29.0 Å². The highest BCUT2D eigenvalue weighted by molar-refractivity contribution is 7.12. The van der Waals surface area contributed by atoms with E-state index < -0.39 is 0 Å². The number of aliphatic hydroxyl groups excluding tert-OH is 1. The van der Waals surface area contributed by atoms with E-state index >= 15 is 0 Å². The monoisotopic (exact) mass is 306 g/mol. The van der Waals surface area contributed by atoms with Crippen molar-refractivity contribution in [3.8, 4) is 11.8 Å². The maximum atomic E-state index is 12.2. The highest BCUT2D eigenvalue weighted by atomic mass is 32.1. The summed E-state index contributed by atoms with van der Waals surface area (Å²) in [7, 11) is 0. The van der Waals surface area contributed by atoms with Gasteiger partial charge in [0.1, 0.15) is 4.88 Å². The van der Waals surface area contributed by atoms with E-state index in [1.807, 2.05) is 11.4 Å². The van der Waals surface area contributed by atoms with Crippen LogP contribution in [0.15, 0.2) is 11.4 Å². The molecule has 2 heterocycles. The second kappa shape index (κ2) is 8.18. The summed E-state index contributed by atoms with van der Waals surface area (Å²) in [5.74, 6) is 6.33. The van der Waals surface area contributed by atoms with Crippen molar-refractivity contribution < 1.29 is 9.90 Å². The maximum Gasteiger partial charge on any atom is 0.262 e. The summed E-state index contributed by atoms with van der Waals surface area (Å²) >= 11 is 1.42. The third-order valence-electron chi connectivity index (χ3n) is 3.70. The lowest BCUT2D eigenvalue weighted by molar-refractivity contribution is 0.0951. The van der Waals surface area contributed by atoms with Gasteiger partial charge in [-0.15, -0.1) is 11.3 Å². The van der Waals surface area contributed by atoms with Crippen LogP contribution in [0.25, 0.3) is 0 Å². The molecule has 1 fully saturated rings. The normalized spacial score (nSPS) is 18.3. The fraction of sp³-hybridized carbons (Fsp3) is 0.562. The van der Waals surface area contributed by atoms with Gasteiger partial charge in [-0.25, -0.2) is 0 Å². The molecule has 0 spiro atoms. The molecule has 114 valence electrons. The van der Waals surface area contributed by atoms with Crippen LogP contribution in [0.1, 0.15) is 35.0 Å². The molecule has 1 amide bonds. The van der Waals surface area contributed by atoms with Gasteiger partial charge in [0.2, 0.25) is 0 Å². The zero-order chi connectivity index (χ0) is 15.1. The number of amides is 1. The average molecular weight is 306 g/mol. The minimum Gasteiger partial charge on any atom is -0.395 e. The Hall–Kier alpha value is -1.35. The zero-order valence-corrected chi connectivity index (χ0v) is 13.2. The van der Waals surface area contributed by atoms with Crippen LogP contribution in [0.2, 0.25) is 0 Å². The average Bonchev–Trinajstić information content (AvgIpc) is 3.14. The van der Waals surface area contributed by atoms with Crippen molar-refractivity contribution in [3.63, 3.8) is 0 Å². The van der Waals surface area contributed by atoms with Crippen LogP contribution in [-0.4, -0.2) is 48.7 Å². The van der Waals surface area contributed by atoms with Crippen molar-refractivity contribution in [3.05, 3.63) is 21.9 Å². The minimum absolute atomic E-state index is 0.0340. The number of likely N-dealkylation sites (tertiary alicyclic amines) is 1. The first-order valence-corrected chi connectivity index (χ1v) is 8.30. The fourth-order valence-corrected chi connectivity index (χ4v) is 3.25. The predicted molar refractivity (Wildman–Crippen MR) is 85.5 cm³/mol. The summed E-state index contributed by atoms with van der Waals surface area (Å²) in [5, 5.41) is 13.6. The summed E-state index contributed by atoms with van der Waals surface area (Å²) in [6.07, 6.45) is 1.59. The van der Waals surface area contributed by atoms with Crippen LogP contribution in [0.3, 0.4) is 0 Å². The van der Waals surface area contributed by atoms with E-state index in [1.54, 1.807) is 0 Å². The van der Waals surface area contributed by atoms with Gasteiger partial charge >= 0.3 is 0 Å². The van der Waals surface area contributed by atoms with Crippen molar-refractivity contribution >= 4 is 17.2 Å². The SMILES string of the molecule is CCN1CCC(CNC(=O)c2sccc2C#CCCO)C1. The molecular formula is C16H22N2O2S. The molecule has 5 heteroatoms. The quantitative estimate of drug-likeness (QED) is 0.812. The molecule has 2 N–H and O–H groups in total. The first-order valence-electron chi connectivity index (χ1n) is 7.42. The third-order valence-corrected chi connectivity index (χ3v) is 4.61. The highest BCUT2D eigenvalue weighted by Gasteiger charge is 2.22. The van der Waals surface area contributed by atoms with E-state index in [9.17, 15) is 4.79 Å². The Kier molecular flexibility index (Phi) is 6.24. The third kappa shape index (κ3) is 4.57. The summed E-state index contributed by atoms with van der Waals surface area (Å²) < 4.78 is 0. The molecule has 4 nitrogen and oxygen atoms in total. The number of carbonyl (C=O) groups excluding carboxylic acids is 1. The van der Waals surface area contributed by atoms with E-state index in [1.165, 1.54) is 11.3 Å². The first kappa shape index (κ1) is 16.0. The number of nitrogens with zero attached hydrogens (tertiary/aromatic N) is 1. The lowest BCUT2D eigenvalue weighted by Gasteiger charge is -2.13. The second-order valence-electron chi connectivity index (χ2n) is 5.20. The standard InChI is InChI=1S/C16H22N2O2S/c1-2-18-8-6-13(12-18)11-17-16(20)15-14(7-10-21-15)5-3-4-9-19/h7,10,13,19H,2,4,6,8-9,11-12H2,1H3,(H,17,20). The van der Waals surface area contributed by atoms with E-state index in [0.29, 0.717) is 17.2 Å². The molecule has 1 saturated heterocycles. The molecule has 1 atom stereocenters. The van der Waals surface area contributed by atoms with Gasteiger partial charge in [0.25, 0.3) is 5.91 Å². The second-order valence-corrected chi connectivity index (χ2v) is 6.11. The van der Waals surface area contributed by atoms with Gasteiger partial charge in [0.15, 0.2) is 0 Å². The van der Waals surface area contributed by atoms with Gasteiger partial charge in [0, 0.05) is 25.1 Å². The van der Waals surface area contributed by atoms with Gasteiger partial charge in [-0.3, -0.25) is 4.79 Å². The molecule has 1 aromatic heterocycles. The summed E-state index contributed by atoms with van der Waals surface area (Å²) in [5.41, 5.74) is 0.757. The predicted octanol–water partition coefficient (Wildman–Crippen LogP) is 1.55. The number of carbonyl (C=O) groups is 1. The summed E-state index contributed by atoms with van der Waals surface area (Å²) in [6, 6.07) is 1.86. The molecule has 0 saturated carbocycles. The van der Waals surface area contributed by atoms with Crippen LogP contribution in [0.4, 0.5) is 0 Å². The van der Waals surface area contributed by atoms with E-state index in [0.717, 1.165) is 38.2 Å². The fourth-order valence-electron chi connectivity index (χ4n) is 2.48. The number of nitrogens with one attached hydrogen (secondary N) is 1. The molecule has 0 aromatic carbocycles. The summed E-state index contributed by atoms with van der Waals surface area (Å²) in [4.78, 5) is 15.3. The number of hydrogen-bond donors (Lipinski definition) is 2. The molecule has 1 aliphatic heterocycles. The topological polar surface area (TPSA) is 52.6 Å². The Morgan fingerprint density at radius 3 is 3.19 bits per heavy atom. The van der Waals surface area contributed by atoms with Gasteiger partial charge < -0.3 is 15.3 Å². The van der Waals surface area contributed by atoms with E-state index in [-0.39, 0.29) is 12.5 Å². The Morgan fingerprint density at radius 2 is 2.48 bits per heavy atom. The number of aliphatic hydroxyl groups is 1.